The molecule has 0 saturated carbocycles. The van der Waals surface area contributed by atoms with E-state index >= 15 is 0 Å². The highest BCUT2D eigenvalue weighted by Crippen LogP contribution is 2.22. The van der Waals surface area contributed by atoms with Crippen molar-refractivity contribution < 1.29 is 4.39 Å². The Morgan fingerprint density at radius 3 is 2.75 bits per heavy atom. The molecule has 1 rings (SSSR count). The molecule has 1 aromatic carbocycles. The van der Waals surface area contributed by atoms with Gasteiger partial charge in [0.25, 0.3) is 0 Å². The van der Waals surface area contributed by atoms with Crippen molar-refractivity contribution in [1.29, 1.82) is 0 Å². The summed E-state index contributed by atoms with van der Waals surface area (Å²) in [6.07, 6.45) is 0. The van der Waals surface area contributed by atoms with Gasteiger partial charge in [-0.2, -0.15) is 0 Å². The van der Waals surface area contributed by atoms with Gasteiger partial charge in [0.15, 0.2) is 0 Å². The van der Waals surface area contributed by atoms with Crippen LogP contribution >= 0.6 is 11.6 Å². The summed E-state index contributed by atoms with van der Waals surface area (Å²) in [6.45, 7) is 1.85. The summed E-state index contributed by atoms with van der Waals surface area (Å²) in [4.78, 5) is 0. The van der Waals surface area contributed by atoms with Gasteiger partial charge >= 0.3 is 0 Å². The Morgan fingerprint density at radius 2 is 2.25 bits per heavy atom. The van der Waals surface area contributed by atoms with E-state index in [1.807, 2.05) is 6.92 Å². The van der Waals surface area contributed by atoms with Crippen LogP contribution in [-0.4, -0.2) is 0 Å². The van der Waals surface area contributed by atoms with Gasteiger partial charge in [-0.3, -0.25) is 11.3 Å². The molecule has 0 aliphatic heterocycles. The maximum Gasteiger partial charge on any atom is 0.124 e. The first-order valence-electron chi connectivity index (χ1n) is 3.56. The van der Waals surface area contributed by atoms with Gasteiger partial charge in [-0.05, 0) is 24.6 Å². The quantitative estimate of drug-likeness (QED) is 0.551. The number of nitrogens with two attached hydrogens (primary N) is 1. The van der Waals surface area contributed by atoms with Crippen LogP contribution in [0.5, 0.6) is 0 Å². The zero-order valence-corrected chi connectivity index (χ0v) is 7.40. The Labute approximate surface area is 75.5 Å². The number of benzene rings is 1. The molecule has 0 aromatic heterocycles. The van der Waals surface area contributed by atoms with Crippen molar-refractivity contribution in [3.63, 3.8) is 0 Å². The number of hydrogen-bond donors (Lipinski definition) is 2. The predicted molar refractivity (Wildman–Crippen MR) is 47.1 cm³/mol. The van der Waals surface area contributed by atoms with Gasteiger partial charge in [0.05, 0.1) is 0 Å². The molecule has 4 heteroatoms. The Kier molecular flexibility index (Phi) is 3.03. The SMILES string of the molecule is C[C@H](NN)c1ccc(F)cc1Cl. The fraction of sp³-hybridized carbons (Fsp3) is 0.250. The second-order valence-corrected chi connectivity index (χ2v) is 2.96. The third-order valence-electron chi connectivity index (χ3n) is 1.68. The number of nitrogens with one attached hydrogen (secondary N) is 1. The van der Waals surface area contributed by atoms with E-state index < -0.39 is 0 Å². The van der Waals surface area contributed by atoms with Crippen molar-refractivity contribution in [1.82, 2.24) is 5.43 Å². The third-order valence-corrected chi connectivity index (χ3v) is 2.01. The fourth-order valence-electron chi connectivity index (χ4n) is 0.942. The van der Waals surface area contributed by atoms with Gasteiger partial charge in [0.1, 0.15) is 5.82 Å². The minimum absolute atomic E-state index is 0.0712. The van der Waals surface area contributed by atoms with E-state index in [4.69, 9.17) is 17.4 Å². The Bertz CT molecular complexity index is 278. The molecule has 1 atom stereocenters. The second kappa shape index (κ2) is 3.85. The van der Waals surface area contributed by atoms with Crippen LogP contribution in [0.1, 0.15) is 18.5 Å². The molecule has 0 saturated heterocycles. The first-order chi connectivity index (χ1) is 5.65. The molecule has 0 aliphatic carbocycles. The van der Waals surface area contributed by atoms with E-state index in [2.05, 4.69) is 5.43 Å². The van der Waals surface area contributed by atoms with Crippen LogP contribution in [0.4, 0.5) is 4.39 Å². The van der Waals surface area contributed by atoms with Crippen LogP contribution in [0, 0.1) is 5.82 Å². The summed E-state index contributed by atoms with van der Waals surface area (Å²) in [5.41, 5.74) is 3.33. The molecular formula is C8H10ClFN2. The molecule has 12 heavy (non-hydrogen) atoms. The van der Waals surface area contributed by atoms with Crippen LogP contribution in [0.25, 0.3) is 0 Å². The lowest BCUT2D eigenvalue weighted by Crippen LogP contribution is -2.25. The first-order valence-corrected chi connectivity index (χ1v) is 3.94. The molecule has 3 N–H and O–H groups in total. The fourth-order valence-corrected chi connectivity index (χ4v) is 1.27. The summed E-state index contributed by atoms with van der Waals surface area (Å²) < 4.78 is 12.6. The lowest BCUT2D eigenvalue weighted by Gasteiger charge is -2.11. The van der Waals surface area contributed by atoms with Crippen LogP contribution in [0.15, 0.2) is 18.2 Å². The summed E-state index contributed by atoms with van der Waals surface area (Å²) in [5, 5.41) is 0.389. The largest absolute Gasteiger partial charge is 0.271 e. The molecule has 0 spiro atoms. The molecule has 1 aromatic rings. The molecule has 0 bridgehead atoms. The van der Waals surface area contributed by atoms with Gasteiger partial charge < -0.3 is 0 Å². The third kappa shape index (κ3) is 1.94. The van der Waals surface area contributed by atoms with Gasteiger partial charge in [-0.15, -0.1) is 0 Å². The van der Waals surface area contributed by atoms with Crippen molar-refractivity contribution in [2.75, 3.05) is 0 Å². The molecular weight excluding hydrogens is 179 g/mol. The lowest BCUT2D eigenvalue weighted by atomic mass is 10.1. The normalized spacial score (nSPS) is 13.0. The number of halogens is 2. The van der Waals surface area contributed by atoms with Gasteiger partial charge in [-0.25, -0.2) is 4.39 Å². The van der Waals surface area contributed by atoms with Crippen LogP contribution in [0.3, 0.4) is 0 Å². The average molecular weight is 189 g/mol. The van der Waals surface area contributed by atoms with Gasteiger partial charge in [0, 0.05) is 11.1 Å². The minimum atomic E-state index is -0.340. The van der Waals surface area contributed by atoms with E-state index in [-0.39, 0.29) is 11.9 Å². The van der Waals surface area contributed by atoms with Crippen LogP contribution < -0.4 is 11.3 Å². The summed E-state index contributed by atoms with van der Waals surface area (Å²) in [7, 11) is 0. The molecule has 0 unspecified atom stereocenters. The Hall–Kier alpha value is -0.640. The molecule has 0 heterocycles. The van der Waals surface area contributed by atoms with Crippen molar-refractivity contribution in [3.05, 3.63) is 34.6 Å². The summed E-state index contributed by atoms with van der Waals surface area (Å²) in [6, 6.07) is 4.17. The van der Waals surface area contributed by atoms with E-state index in [0.717, 1.165) is 5.56 Å². The average Bonchev–Trinajstić information content (AvgIpc) is 2.03. The van der Waals surface area contributed by atoms with E-state index in [0.29, 0.717) is 5.02 Å². The van der Waals surface area contributed by atoms with Crippen molar-refractivity contribution >= 4 is 11.6 Å². The molecule has 0 radical (unpaired) electrons. The maximum atomic E-state index is 12.6. The second-order valence-electron chi connectivity index (χ2n) is 2.55. The zero-order chi connectivity index (χ0) is 9.14. The van der Waals surface area contributed by atoms with E-state index in [9.17, 15) is 4.39 Å². The lowest BCUT2D eigenvalue weighted by molar-refractivity contribution is 0.595. The number of hydrogen-bond acceptors (Lipinski definition) is 2. The predicted octanol–water partition coefficient (Wildman–Crippen LogP) is 2.00. The van der Waals surface area contributed by atoms with E-state index in [1.165, 1.54) is 12.1 Å². The van der Waals surface area contributed by atoms with Crippen molar-refractivity contribution in [3.8, 4) is 0 Å². The zero-order valence-electron chi connectivity index (χ0n) is 6.64. The molecule has 66 valence electrons. The number of rotatable bonds is 2. The Balaban J connectivity index is 3.01. The van der Waals surface area contributed by atoms with Gasteiger partial charge in [-0.1, -0.05) is 17.7 Å². The highest BCUT2D eigenvalue weighted by atomic mass is 35.5. The van der Waals surface area contributed by atoms with Crippen molar-refractivity contribution in [2.24, 2.45) is 5.84 Å². The molecule has 2 nitrogen and oxygen atoms in total. The van der Waals surface area contributed by atoms with E-state index in [1.54, 1.807) is 6.07 Å². The smallest absolute Gasteiger partial charge is 0.124 e. The summed E-state index contributed by atoms with van der Waals surface area (Å²) >= 11 is 5.77. The highest BCUT2D eigenvalue weighted by Gasteiger charge is 2.07. The number of hydrazine groups is 1. The topological polar surface area (TPSA) is 38.0 Å². The molecule has 0 fully saturated rings. The van der Waals surface area contributed by atoms with Crippen LogP contribution in [0.2, 0.25) is 5.02 Å². The highest BCUT2D eigenvalue weighted by molar-refractivity contribution is 6.31. The van der Waals surface area contributed by atoms with Crippen LogP contribution in [-0.2, 0) is 0 Å². The Morgan fingerprint density at radius 1 is 1.58 bits per heavy atom. The van der Waals surface area contributed by atoms with Gasteiger partial charge in [0.2, 0.25) is 0 Å². The first kappa shape index (κ1) is 9.45. The van der Waals surface area contributed by atoms with Crippen molar-refractivity contribution in [2.45, 2.75) is 13.0 Å². The standard InChI is InChI=1S/C8H10ClFN2/c1-5(12-11)7-3-2-6(10)4-8(7)9/h2-5,12H,11H2,1H3/t5-/m0/s1. The monoisotopic (exact) mass is 188 g/mol. The maximum absolute atomic E-state index is 12.6. The molecule has 0 aliphatic rings. The summed E-state index contributed by atoms with van der Waals surface area (Å²) in [5.74, 6) is 4.87. The minimum Gasteiger partial charge on any atom is -0.271 e. The molecule has 0 amide bonds.